The lowest BCUT2D eigenvalue weighted by atomic mass is 9.97. The van der Waals surface area contributed by atoms with Gasteiger partial charge in [-0.05, 0) is 30.2 Å². The minimum absolute atomic E-state index is 0.279. The van der Waals surface area contributed by atoms with Crippen LogP contribution in [0.1, 0.15) is 17.3 Å². The number of guanidine groups is 1. The Hall–Kier alpha value is -2.04. The fourth-order valence-corrected chi connectivity index (χ4v) is 2.93. The molecular formula is C16H17ClN4. The number of aliphatic imine (C=N–C) groups is 1. The fourth-order valence-electron chi connectivity index (χ4n) is 2.60. The number of rotatable bonds is 1. The van der Waals surface area contributed by atoms with Crippen LogP contribution in [-0.4, -0.2) is 17.9 Å². The van der Waals surface area contributed by atoms with Crippen LogP contribution in [0.3, 0.4) is 0 Å². The van der Waals surface area contributed by atoms with Crippen molar-refractivity contribution >= 4 is 23.2 Å². The van der Waals surface area contributed by atoms with Gasteiger partial charge in [-0.15, -0.1) is 0 Å². The summed E-state index contributed by atoms with van der Waals surface area (Å²) in [4.78, 5) is 6.17. The maximum Gasteiger partial charge on any atom is 0.197 e. The Kier molecular flexibility index (Phi) is 3.35. The van der Waals surface area contributed by atoms with Gasteiger partial charge in [0.15, 0.2) is 5.96 Å². The summed E-state index contributed by atoms with van der Waals surface area (Å²) >= 11 is 6.33. The number of aryl methyl sites for hydroxylation is 1. The van der Waals surface area contributed by atoms with Crippen LogP contribution < -0.4 is 11.5 Å². The first-order valence-corrected chi connectivity index (χ1v) is 7.09. The molecule has 2 aromatic rings. The quantitative estimate of drug-likeness (QED) is 0.850. The first kappa shape index (κ1) is 13.9. The molecule has 21 heavy (non-hydrogen) atoms. The number of hydrogen-bond acceptors (Lipinski definition) is 4. The third kappa shape index (κ3) is 2.26. The molecule has 2 aromatic carbocycles. The molecule has 0 fully saturated rings. The van der Waals surface area contributed by atoms with Crippen molar-refractivity contribution in [1.82, 2.24) is 4.90 Å². The number of benzene rings is 2. The van der Waals surface area contributed by atoms with E-state index in [-0.39, 0.29) is 6.17 Å². The molecule has 1 unspecified atom stereocenters. The van der Waals surface area contributed by atoms with E-state index in [2.05, 4.69) is 4.99 Å². The Bertz CT molecular complexity index is 719. The lowest BCUT2D eigenvalue weighted by molar-refractivity contribution is 0.375. The zero-order chi connectivity index (χ0) is 15.1. The van der Waals surface area contributed by atoms with Crippen LogP contribution in [0.4, 0.5) is 5.69 Å². The zero-order valence-electron chi connectivity index (χ0n) is 12.0. The fraction of sp³-hybridized carbons (Fsp3) is 0.188. The van der Waals surface area contributed by atoms with Crippen LogP contribution in [0.25, 0.3) is 11.1 Å². The Morgan fingerprint density at radius 1 is 1.24 bits per heavy atom. The molecule has 1 aliphatic rings. The molecule has 0 spiro atoms. The van der Waals surface area contributed by atoms with Crippen molar-refractivity contribution in [3.63, 3.8) is 0 Å². The van der Waals surface area contributed by atoms with Crippen molar-refractivity contribution in [2.45, 2.75) is 13.1 Å². The average molecular weight is 301 g/mol. The predicted octanol–water partition coefficient (Wildman–Crippen LogP) is 3.16. The van der Waals surface area contributed by atoms with Crippen molar-refractivity contribution in [2.24, 2.45) is 16.5 Å². The molecule has 1 atom stereocenters. The molecule has 0 bridgehead atoms. The largest absolute Gasteiger partial charge is 0.369 e. The highest BCUT2D eigenvalue weighted by Gasteiger charge is 2.23. The summed E-state index contributed by atoms with van der Waals surface area (Å²) in [6, 6.07) is 11.9. The number of hydrogen-bond donors (Lipinski definition) is 2. The van der Waals surface area contributed by atoms with Crippen LogP contribution in [0, 0.1) is 6.92 Å². The van der Waals surface area contributed by atoms with Crippen LogP contribution >= 0.6 is 11.6 Å². The molecule has 4 N–H and O–H groups in total. The van der Waals surface area contributed by atoms with Crippen molar-refractivity contribution in [2.75, 3.05) is 7.05 Å². The number of halogens is 1. The number of nitrogens with zero attached hydrogens (tertiary/aromatic N) is 2. The smallest absolute Gasteiger partial charge is 0.197 e. The monoisotopic (exact) mass is 300 g/mol. The normalized spacial score (nSPS) is 17.4. The van der Waals surface area contributed by atoms with Crippen LogP contribution in [0.15, 0.2) is 41.4 Å². The molecular weight excluding hydrogens is 284 g/mol. The highest BCUT2D eigenvalue weighted by molar-refractivity contribution is 6.33. The van der Waals surface area contributed by atoms with Gasteiger partial charge in [0.2, 0.25) is 0 Å². The van der Waals surface area contributed by atoms with E-state index < -0.39 is 0 Å². The molecule has 5 heteroatoms. The SMILES string of the molecule is Cc1cccc(Cl)c1-c1ccc2c(c1)N=C(N)N(C)C2N. The molecule has 108 valence electrons. The zero-order valence-corrected chi connectivity index (χ0v) is 12.7. The first-order chi connectivity index (χ1) is 9.99. The molecule has 3 rings (SSSR count). The topological polar surface area (TPSA) is 67.6 Å². The Morgan fingerprint density at radius 2 is 2.00 bits per heavy atom. The van der Waals surface area contributed by atoms with Gasteiger partial charge in [0.1, 0.15) is 6.17 Å². The van der Waals surface area contributed by atoms with E-state index >= 15 is 0 Å². The minimum Gasteiger partial charge on any atom is -0.369 e. The van der Waals surface area contributed by atoms with E-state index in [1.807, 2.05) is 50.4 Å². The van der Waals surface area contributed by atoms with E-state index in [0.717, 1.165) is 33.0 Å². The third-order valence-electron chi connectivity index (χ3n) is 3.87. The molecule has 1 heterocycles. The summed E-state index contributed by atoms with van der Waals surface area (Å²) in [5, 5.41) is 0.726. The summed E-state index contributed by atoms with van der Waals surface area (Å²) in [6.07, 6.45) is -0.279. The summed E-state index contributed by atoms with van der Waals surface area (Å²) in [6.45, 7) is 2.04. The van der Waals surface area contributed by atoms with E-state index in [0.29, 0.717) is 5.96 Å². The van der Waals surface area contributed by atoms with Gasteiger partial charge in [-0.25, -0.2) is 4.99 Å². The third-order valence-corrected chi connectivity index (χ3v) is 4.19. The maximum absolute atomic E-state index is 6.33. The van der Waals surface area contributed by atoms with Gasteiger partial charge in [-0.1, -0.05) is 35.9 Å². The molecule has 0 aromatic heterocycles. The second-order valence-electron chi connectivity index (χ2n) is 5.23. The molecule has 0 radical (unpaired) electrons. The second-order valence-corrected chi connectivity index (χ2v) is 5.64. The summed E-state index contributed by atoms with van der Waals surface area (Å²) < 4.78 is 0. The van der Waals surface area contributed by atoms with Gasteiger partial charge < -0.3 is 16.4 Å². The van der Waals surface area contributed by atoms with Crippen molar-refractivity contribution in [1.29, 1.82) is 0 Å². The second kappa shape index (κ2) is 5.06. The van der Waals surface area contributed by atoms with Gasteiger partial charge in [0.05, 0.1) is 5.69 Å². The van der Waals surface area contributed by atoms with Crippen LogP contribution in [0.2, 0.25) is 5.02 Å². The maximum atomic E-state index is 6.33. The lowest BCUT2D eigenvalue weighted by Crippen LogP contribution is -2.42. The van der Waals surface area contributed by atoms with Crippen molar-refractivity contribution in [3.05, 3.63) is 52.5 Å². The first-order valence-electron chi connectivity index (χ1n) is 6.71. The summed E-state index contributed by atoms with van der Waals surface area (Å²) in [5.41, 5.74) is 17.0. The minimum atomic E-state index is -0.279. The summed E-state index contributed by atoms with van der Waals surface area (Å²) in [7, 11) is 1.83. The Labute approximate surface area is 129 Å². The summed E-state index contributed by atoms with van der Waals surface area (Å²) in [5.74, 6) is 0.419. The van der Waals surface area contributed by atoms with Crippen molar-refractivity contribution in [3.8, 4) is 11.1 Å². The highest BCUT2D eigenvalue weighted by Crippen LogP contribution is 2.37. The van der Waals surface area contributed by atoms with Gasteiger partial charge in [-0.3, -0.25) is 0 Å². The van der Waals surface area contributed by atoms with Gasteiger partial charge in [0.25, 0.3) is 0 Å². The molecule has 0 saturated heterocycles. The van der Waals surface area contributed by atoms with Crippen LogP contribution in [0.5, 0.6) is 0 Å². The molecule has 0 aliphatic carbocycles. The lowest BCUT2D eigenvalue weighted by Gasteiger charge is -2.31. The van der Waals surface area contributed by atoms with Gasteiger partial charge >= 0.3 is 0 Å². The van der Waals surface area contributed by atoms with E-state index in [9.17, 15) is 0 Å². The number of nitrogens with two attached hydrogens (primary N) is 2. The molecule has 4 nitrogen and oxygen atoms in total. The van der Waals surface area contributed by atoms with Crippen molar-refractivity contribution < 1.29 is 0 Å². The van der Waals surface area contributed by atoms with E-state index in [1.165, 1.54) is 0 Å². The van der Waals surface area contributed by atoms with Gasteiger partial charge in [0, 0.05) is 23.2 Å². The van der Waals surface area contributed by atoms with E-state index in [4.69, 9.17) is 23.1 Å². The highest BCUT2D eigenvalue weighted by atomic mass is 35.5. The van der Waals surface area contributed by atoms with Gasteiger partial charge in [-0.2, -0.15) is 0 Å². The number of fused-ring (bicyclic) bond motifs is 1. The molecule has 1 aliphatic heterocycles. The van der Waals surface area contributed by atoms with Crippen LogP contribution in [-0.2, 0) is 0 Å². The molecule has 0 amide bonds. The Morgan fingerprint density at radius 3 is 2.71 bits per heavy atom. The van der Waals surface area contributed by atoms with E-state index in [1.54, 1.807) is 4.90 Å². The predicted molar refractivity (Wildman–Crippen MR) is 87.6 cm³/mol. The standard InChI is InChI=1S/C16H17ClN4/c1-9-4-3-5-12(17)14(9)10-6-7-11-13(8-10)20-16(19)21(2)15(11)18/h3-8,15H,18H2,1-2H3,(H2,19,20). The molecule has 0 saturated carbocycles. The average Bonchev–Trinajstić information content (AvgIpc) is 2.44. The Balaban J connectivity index is 2.17.